The predicted molar refractivity (Wildman–Crippen MR) is 128 cm³/mol. The molecule has 0 unspecified atom stereocenters. The van der Waals surface area contributed by atoms with Gasteiger partial charge in [0.1, 0.15) is 17.2 Å². The number of phenolic OH excluding ortho intramolecular Hbond substituents is 1. The Bertz CT molecular complexity index is 1370. The number of rotatable bonds is 4. The van der Waals surface area contributed by atoms with Crippen molar-refractivity contribution in [3.63, 3.8) is 0 Å². The second-order valence-corrected chi connectivity index (χ2v) is 8.77. The predicted octanol–water partition coefficient (Wildman–Crippen LogP) is 6.03. The molecular weight excluding hydrogens is 400 g/mol. The van der Waals surface area contributed by atoms with Gasteiger partial charge in [0.25, 0.3) is 0 Å². The third-order valence-electron chi connectivity index (χ3n) is 6.75. The molecule has 4 aromatic carbocycles. The molecule has 32 heavy (non-hydrogen) atoms. The molecular formula is C28H26O4. The molecule has 0 radical (unpaired) electrons. The molecule has 0 saturated carbocycles. The van der Waals surface area contributed by atoms with Crippen molar-refractivity contribution < 1.29 is 19.7 Å². The van der Waals surface area contributed by atoms with Crippen molar-refractivity contribution in [1.29, 1.82) is 0 Å². The molecule has 4 aromatic rings. The first-order valence-electron chi connectivity index (χ1n) is 10.7. The number of aromatic hydroxyl groups is 1. The highest BCUT2D eigenvalue weighted by Gasteiger charge is 2.37. The maximum Gasteiger partial charge on any atom is 0.130 e. The van der Waals surface area contributed by atoms with Gasteiger partial charge in [-0.1, -0.05) is 38.1 Å². The van der Waals surface area contributed by atoms with Crippen molar-refractivity contribution in [2.75, 3.05) is 14.2 Å². The van der Waals surface area contributed by atoms with Gasteiger partial charge in [-0.05, 0) is 69.1 Å². The van der Waals surface area contributed by atoms with Crippen LogP contribution >= 0.6 is 0 Å². The zero-order valence-electron chi connectivity index (χ0n) is 18.7. The van der Waals surface area contributed by atoms with E-state index in [9.17, 15) is 10.2 Å². The van der Waals surface area contributed by atoms with Crippen LogP contribution in [0.3, 0.4) is 0 Å². The van der Waals surface area contributed by atoms with E-state index < -0.39 is 0 Å². The smallest absolute Gasteiger partial charge is 0.130 e. The van der Waals surface area contributed by atoms with Gasteiger partial charge >= 0.3 is 0 Å². The van der Waals surface area contributed by atoms with Crippen LogP contribution in [0.25, 0.3) is 33.0 Å². The molecule has 0 aromatic heterocycles. The van der Waals surface area contributed by atoms with E-state index in [1.165, 1.54) is 11.1 Å². The van der Waals surface area contributed by atoms with Gasteiger partial charge < -0.3 is 19.7 Å². The number of benzene rings is 4. The maximum absolute atomic E-state index is 11.1. The summed E-state index contributed by atoms with van der Waals surface area (Å²) in [7, 11) is 3.23. The van der Waals surface area contributed by atoms with Crippen LogP contribution in [-0.2, 0) is 12.0 Å². The Balaban J connectivity index is 1.84. The van der Waals surface area contributed by atoms with Crippen LogP contribution in [0.2, 0.25) is 0 Å². The number of fused-ring (bicyclic) bond motifs is 5. The first-order chi connectivity index (χ1) is 15.4. The average molecular weight is 427 g/mol. The summed E-state index contributed by atoms with van der Waals surface area (Å²) >= 11 is 0. The number of aliphatic hydroxyl groups is 1. The summed E-state index contributed by atoms with van der Waals surface area (Å²) in [4.78, 5) is 0. The van der Waals surface area contributed by atoms with E-state index in [0.717, 1.165) is 38.6 Å². The fourth-order valence-electron chi connectivity index (χ4n) is 5.07. The number of ether oxygens (including phenoxy) is 2. The summed E-state index contributed by atoms with van der Waals surface area (Å²) in [6, 6.07) is 19.9. The highest BCUT2D eigenvalue weighted by Crippen LogP contribution is 2.53. The zero-order valence-corrected chi connectivity index (χ0v) is 18.7. The second-order valence-electron chi connectivity index (χ2n) is 8.77. The van der Waals surface area contributed by atoms with Crippen LogP contribution in [0, 0.1) is 0 Å². The van der Waals surface area contributed by atoms with Crippen molar-refractivity contribution >= 4 is 10.8 Å². The molecule has 0 saturated heterocycles. The highest BCUT2D eigenvalue weighted by molar-refractivity contribution is 6.07. The van der Waals surface area contributed by atoms with Crippen LogP contribution in [0.5, 0.6) is 17.2 Å². The SMILES string of the molecule is COc1ccc(-c2cc3c(O)cc4c(c3cc2CO)-c2ccccc2C4(C)C)c(OC)c1. The van der Waals surface area contributed by atoms with E-state index >= 15 is 0 Å². The Morgan fingerprint density at radius 2 is 1.56 bits per heavy atom. The van der Waals surface area contributed by atoms with E-state index in [2.05, 4.69) is 32.0 Å². The fourth-order valence-corrected chi connectivity index (χ4v) is 5.07. The highest BCUT2D eigenvalue weighted by atomic mass is 16.5. The van der Waals surface area contributed by atoms with Gasteiger partial charge in [0.05, 0.1) is 20.8 Å². The van der Waals surface area contributed by atoms with Crippen LogP contribution in [-0.4, -0.2) is 24.4 Å². The van der Waals surface area contributed by atoms with Crippen molar-refractivity contribution in [1.82, 2.24) is 0 Å². The van der Waals surface area contributed by atoms with E-state index in [1.54, 1.807) is 14.2 Å². The molecule has 0 atom stereocenters. The van der Waals surface area contributed by atoms with E-state index in [4.69, 9.17) is 9.47 Å². The Labute approximate surface area is 187 Å². The third kappa shape index (κ3) is 2.80. The Hall–Kier alpha value is -3.50. The summed E-state index contributed by atoms with van der Waals surface area (Å²) in [6.45, 7) is 4.24. The minimum atomic E-state index is -0.213. The maximum atomic E-state index is 11.1. The molecule has 0 heterocycles. The lowest BCUT2D eigenvalue weighted by Crippen LogP contribution is -2.14. The summed E-state index contributed by atoms with van der Waals surface area (Å²) in [5.41, 5.74) is 6.86. The first-order valence-corrected chi connectivity index (χ1v) is 10.7. The minimum Gasteiger partial charge on any atom is -0.507 e. The lowest BCUT2D eigenvalue weighted by atomic mass is 9.81. The van der Waals surface area contributed by atoms with Crippen molar-refractivity contribution in [3.05, 3.63) is 77.4 Å². The summed E-state index contributed by atoms with van der Waals surface area (Å²) in [5.74, 6) is 1.57. The molecule has 1 aliphatic rings. The number of phenols is 1. The van der Waals surface area contributed by atoms with Crippen molar-refractivity contribution in [3.8, 4) is 39.5 Å². The Morgan fingerprint density at radius 1 is 0.781 bits per heavy atom. The molecule has 0 bridgehead atoms. The standard InChI is InChI=1S/C28H26O4/c1-28(2)23-8-6-5-7-19(23)27-22-11-16(15-29)20(13-21(22)25(30)14-24(27)28)18-10-9-17(31-3)12-26(18)32-4/h5-14,29-30H,15H2,1-4H3. The number of aliphatic hydroxyl groups excluding tert-OH is 1. The third-order valence-corrected chi connectivity index (χ3v) is 6.75. The van der Waals surface area contributed by atoms with Crippen molar-refractivity contribution in [2.45, 2.75) is 25.9 Å². The first kappa shape index (κ1) is 20.4. The summed E-state index contributed by atoms with van der Waals surface area (Å²) in [5, 5.41) is 23.1. The van der Waals surface area contributed by atoms with Gasteiger partial charge in [0.15, 0.2) is 0 Å². The normalized spacial score (nSPS) is 13.7. The van der Waals surface area contributed by atoms with Crippen LogP contribution < -0.4 is 9.47 Å². The van der Waals surface area contributed by atoms with Gasteiger partial charge in [-0.3, -0.25) is 0 Å². The van der Waals surface area contributed by atoms with Gasteiger partial charge in [-0.15, -0.1) is 0 Å². The molecule has 2 N–H and O–H groups in total. The largest absolute Gasteiger partial charge is 0.507 e. The van der Waals surface area contributed by atoms with E-state index in [0.29, 0.717) is 11.5 Å². The van der Waals surface area contributed by atoms with E-state index in [-0.39, 0.29) is 17.8 Å². The molecule has 0 fully saturated rings. The van der Waals surface area contributed by atoms with E-state index in [1.807, 2.05) is 42.5 Å². The second kappa shape index (κ2) is 7.28. The molecule has 4 heteroatoms. The van der Waals surface area contributed by atoms with Gasteiger partial charge in [-0.25, -0.2) is 0 Å². The topological polar surface area (TPSA) is 58.9 Å². The average Bonchev–Trinajstić information content (AvgIpc) is 3.04. The Morgan fingerprint density at radius 3 is 2.28 bits per heavy atom. The Kier molecular flexibility index (Phi) is 4.64. The van der Waals surface area contributed by atoms with Crippen LogP contribution in [0.1, 0.15) is 30.5 Å². The molecule has 5 rings (SSSR count). The van der Waals surface area contributed by atoms with Gasteiger partial charge in [0.2, 0.25) is 0 Å². The summed E-state index contributed by atoms with van der Waals surface area (Å²) in [6.07, 6.45) is 0. The molecule has 162 valence electrons. The minimum absolute atomic E-state index is 0.129. The lowest BCUT2D eigenvalue weighted by molar-refractivity contribution is 0.282. The summed E-state index contributed by atoms with van der Waals surface area (Å²) < 4.78 is 10.9. The molecule has 0 spiro atoms. The molecule has 0 aliphatic heterocycles. The van der Waals surface area contributed by atoms with Crippen molar-refractivity contribution in [2.24, 2.45) is 0 Å². The number of hydrogen-bond donors (Lipinski definition) is 2. The lowest BCUT2D eigenvalue weighted by Gasteiger charge is -2.22. The monoisotopic (exact) mass is 426 g/mol. The van der Waals surface area contributed by atoms with Gasteiger partial charge in [0, 0.05) is 22.4 Å². The zero-order chi connectivity index (χ0) is 22.6. The number of hydrogen-bond acceptors (Lipinski definition) is 4. The molecule has 4 nitrogen and oxygen atoms in total. The molecule has 1 aliphatic carbocycles. The van der Waals surface area contributed by atoms with Crippen LogP contribution in [0.4, 0.5) is 0 Å². The van der Waals surface area contributed by atoms with Crippen LogP contribution in [0.15, 0.2) is 60.7 Å². The number of methoxy groups -OCH3 is 2. The fraction of sp³-hybridized carbons (Fsp3) is 0.214. The van der Waals surface area contributed by atoms with Gasteiger partial charge in [-0.2, -0.15) is 0 Å². The molecule has 0 amide bonds. The quantitative estimate of drug-likeness (QED) is 0.418.